The van der Waals surface area contributed by atoms with Crippen LogP contribution in [0.5, 0.6) is 0 Å². The Morgan fingerprint density at radius 3 is 2.21 bits per heavy atom. The fourth-order valence-corrected chi connectivity index (χ4v) is 1.99. The summed E-state index contributed by atoms with van der Waals surface area (Å²) in [5, 5.41) is 0. The van der Waals surface area contributed by atoms with E-state index in [0.717, 1.165) is 5.56 Å². The van der Waals surface area contributed by atoms with Gasteiger partial charge in [0.05, 0.1) is 10.1 Å². The van der Waals surface area contributed by atoms with Crippen molar-refractivity contribution in [3.63, 3.8) is 0 Å². The number of rotatable bonds is 3. The minimum Gasteiger partial charge on any atom is -0.748 e. The van der Waals surface area contributed by atoms with Crippen molar-refractivity contribution in [2.75, 3.05) is 5.75 Å². The van der Waals surface area contributed by atoms with E-state index in [0.29, 0.717) is 0 Å². The third-order valence-electron chi connectivity index (χ3n) is 1.82. The van der Waals surface area contributed by atoms with E-state index >= 15 is 0 Å². The Balaban J connectivity index is 0.00000169. The largest absolute Gasteiger partial charge is 1.00 e. The summed E-state index contributed by atoms with van der Waals surface area (Å²) < 4.78 is 31.4. The SMILES string of the molecule is CC(CS(=O)(=O)[O-])c1ccccc1.[Na+]. The summed E-state index contributed by atoms with van der Waals surface area (Å²) in [6.45, 7) is 1.73. The molecule has 1 atom stereocenters. The second-order valence-electron chi connectivity index (χ2n) is 3.04. The van der Waals surface area contributed by atoms with Crippen LogP contribution in [0.25, 0.3) is 0 Å². The Kier molecular flexibility index (Phi) is 5.93. The van der Waals surface area contributed by atoms with Crippen molar-refractivity contribution in [1.29, 1.82) is 0 Å². The molecular weight excluding hydrogens is 211 g/mol. The van der Waals surface area contributed by atoms with E-state index in [1.807, 2.05) is 30.3 Å². The van der Waals surface area contributed by atoms with Crippen LogP contribution in [0, 0.1) is 0 Å². The molecule has 1 rings (SSSR count). The zero-order chi connectivity index (χ0) is 9.90. The Hall–Kier alpha value is 0.130. The topological polar surface area (TPSA) is 57.2 Å². The Morgan fingerprint density at radius 1 is 1.29 bits per heavy atom. The van der Waals surface area contributed by atoms with E-state index in [9.17, 15) is 13.0 Å². The quantitative estimate of drug-likeness (QED) is 0.454. The summed E-state index contributed by atoms with van der Waals surface area (Å²) in [6.07, 6.45) is 0. The minimum absolute atomic E-state index is 0. The summed E-state index contributed by atoms with van der Waals surface area (Å²) in [7, 11) is -4.12. The van der Waals surface area contributed by atoms with Gasteiger partial charge in [-0.1, -0.05) is 37.3 Å². The van der Waals surface area contributed by atoms with E-state index in [1.54, 1.807) is 6.92 Å². The van der Waals surface area contributed by atoms with Crippen LogP contribution in [0.4, 0.5) is 0 Å². The molecule has 0 aliphatic carbocycles. The Labute approximate surface area is 107 Å². The van der Waals surface area contributed by atoms with Crippen LogP contribution < -0.4 is 29.6 Å². The molecule has 0 fully saturated rings. The molecule has 5 heteroatoms. The van der Waals surface area contributed by atoms with Gasteiger partial charge < -0.3 is 4.55 Å². The predicted molar refractivity (Wildman–Crippen MR) is 49.4 cm³/mol. The second kappa shape index (κ2) is 5.88. The maximum Gasteiger partial charge on any atom is 1.00 e. The van der Waals surface area contributed by atoms with E-state index < -0.39 is 10.1 Å². The second-order valence-corrected chi connectivity index (χ2v) is 4.48. The molecule has 0 spiro atoms. The fraction of sp³-hybridized carbons (Fsp3) is 0.333. The van der Waals surface area contributed by atoms with Crippen molar-refractivity contribution in [3.8, 4) is 0 Å². The molecule has 1 unspecified atom stereocenters. The normalized spacial score (nSPS) is 13.0. The molecular formula is C9H11NaO3S. The third-order valence-corrected chi connectivity index (χ3v) is 2.73. The van der Waals surface area contributed by atoms with Crippen molar-refractivity contribution in [1.82, 2.24) is 0 Å². The molecule has 0 radical (unpaired) electrons. The zero-order valence-electron chi connectivity index (χ0n) is 8.30. The van der Waals surface area contributed by atoms with Gasteiger partial charge in [-0.3, -0.25) is 0 Å². The van der Waals surface area contributed by atoms with Crippen molar-refractivity contribution in [3.05, 3.63) is 35.9 Å². The molecule has 1 aromatic carbocycles. The Morgan fingerprint density at radius 2 is 1.79 bits per heavy atom. The monoisotopic (exact) mass is 222 g/mol. The molecule has 0 aromatic heterocycles. The molecule has 0 heterocycles. The van der Waals surface area contributed by atoms with Gasteiger partial charge in [0.1, 0.15) is 0 Å². The van der Waals surface area contributed by atoms with E-state index in [2.05, 4.69) is 0 Å². The minimum atomic E-state index is -4.12. The average molecular weight is 222 g/mol. The van der Waals surface area contributed by atoms with Gasteiger partial charge in [0.15, 0.2) is 0 Å². The first kappa shape index (κ1) is 14.1. The van der Waals surface area contributed by atoms with E-state index in [1.165, 1.54) is 0 Å². The molecule has 0 bridgehead atoms. The molecule has 0 amide bonds. The first-order valence-electron chi connectivity index (χ1n) is 3.97. The van der Waals surface area contributed by atoms with Gasteiger partial charge in [-0.25, -0.2) is 8.42 Å². The molecule has 0 aliphatic rings. The summed E-state index contributed by atoms with van der Waals surface area (Å²) in [4.78, 5) is 0. The maximum absolute atomic E-state index is 10.5. The molecule has 72 valence electrons. The van der Waals surface area contributed by atoms with Crippen molar-refractivity contribution >= 4 is 10.1 Å². The summed E-state index contributed by atoms with van der Waals surface area (Å²) in [5.74, 6) is -0.569. The van der Waals surface area contributed by atoms with Crippen LogP contribution in [0.3, 0.4) is 0 Å². The molecule has 14 heavy (non-hydrogen) atoms. The van der Waals surface area contributed by atoms with Gasteiger partial charge in [0.2, 0.25) is 0 Å². The van der Waals surface area contributed by atoms with Gasteiger partial charge in [-0.2, -0.15) is 0 Å². The zero-order valence-corrected chi connectivity index (χ0v) is 11.1. The number of hydrogen-bond donors (Lipinski definition) is 0. The standard InChI is InChI=1S/C9H12O3S.Na/c1-8(7-13(10,11)12)9-5-3-2-4-6-9;/h2-6,8H,7H2,1H3,(H,10,11,12);/q;+1/p-1. The van der Waals surface area contributed by atoms with Crippen LogP contribution in [0.2, 0.25) is 0 Å². The smallest absolute Gasteiger partial charge is 0.748 e. The molecule has 1 aromatic rings. The fourth-order valence-electron chi connectivity index (χ4n) is 1.18. The first-order valence-corrected chi connectivity index (χ1v) is 5.55. The first-order chi connectivity index (χ1) is 5.99. The molecule has 3 nitrogen and oxygen atoms in total. The maximum atomic E-state index is 10.5. The molecule has 0 N–H and O–H groups in total. The summed E-state index contributed by atoms with van der Waals surface area (Å²) in [5.41, 5.74) is 0.877. The summed E-state index contributed by atoms with van der Waals surface area (Å²) in [6, 6.07) is 9.13. The van der Waals surface area contributed by atoms with Crippen LogP contribution >= 0.6 is 0 Å². The van der Waals surface area contributed by atoms with Crippen molar-refractivity contribution < 1.29 is 42.5 Å². The van der Waals surface area contributed by atoms with E-state index in [-0.39, 0.29) is 41.2 Å². The van der Waals surface area contributed by atoms with Crippen molar-refractivity contribution in [2.45, 2.75) is 12.8 Å². The van der Waals surface area contributed by atoms with Crippen LogP contribution in [-0.4, -0.2) is 18.7 Å². The van der Waals surface area contributed by atoms with Crippen LogP contribution in [0.15, 0.2) is 30.3 Å². The van der Waals surface area contributed by atoms with Gasteiger partial charge in [0, 0.05) is 5.75 Å². The van der Waals surface area contributed by atoms with Crippen molar-refractivity contribution in [2.24, 2.45) is 0 Å². The van der Waals surface area contributed by atoms with Gasteiger partial charge in [-0.15, -0.1) is 0 Å². The van der Waals surface area contributed by atoms with E-state index in [4.69, 9.17) is 0 Å². The number of benzene rings is 1. The van der Waals surface area contributed by atoms with Gasteiger partial charge in [0.25, 0.3) is 0 Å². The average Bonchev–Trinajstić information content (AvgIpc) is 2.03. The molecule has 0 saturated carbocycles. The summed E-state index contributed by atoms with van der Waals surface area (Å²) >= 11 is 0. The van der Waals surface area contributed by atoms with Gasteiger partial charge >= 0.3 is 29.6 Å². The molecule has 0 saturated heterocycles. The number of hydrogen-bond acceptors (Lipinski definition) is 3. The predicted octanol–water partition coefficient (Wildman–Crippen LogP) is -1.66. The van der Waals surface area contributed by atoms with Crippen LogP contribution in [0.1, 0.15) is 18.4 Å². The van der Waals surface area contributed by atoms with Gasteiger partial charge in [-0.05, 0) is 11.5 Å². The van der Waals surface area contributed by atoms with Crippen LogP contribution in [-0.2, 0) is 10.1 Å². The Bertz CT molecular complexity index is 361. The molecule has 0 aliphatic heterocycles. The third kappa shape index (κ3) is 5.12.